The number of carboxylic acids is 1. The number of rotatable bonds is 29. The average molecular weight is 1060 g/mol. The molecule has 2 aromatic rings. The van der Waals surface area contributed by atoms with Crippen LogP contribution in [0.5, 0.6) is 5.75 Å². The second kappa shape index (κ2) is 27.6. The number of carbonyl (C=O) groups is 10. The highest BCUT2D eigenvalue weighted by Gasteiger charge is 2.39. The number of hydrogen-bond acceptors (Lipinski definition) is 15. The van der Waals surface area contributed by atoms with Crippen LogP contribution in [0.4, 0.5) is 5.69 Å². The molecule has 6 atom stereocenters. The summed E-state index contributed by atoms with van der Waals surface area (Å²) >= 11 is 1.07. The number of carbonyl (C=O) groups excluding carboxylic acids is 9. The molecule has 0 saturated carbocycles. The van der Waals surface area contributed by atoms with Crippen LogP contribution in [0, 0.1) is 17.8 Å². The fourth-order valence-corrected chi connectivity index (χ4v) is 9.15. The third kappa shape index (κ3) is 17.4. The van der Waals surface area contributed by atoms with E-state index in [-0.39, 0.29) is 96.8 Å². The number of likely N-dealkylation sites (N-methyl/N-ethyl adjacent to an activating group) is 2. The van der Waals surface area contributed by atoms with Crippen molar-refractivity contribution >= 4 is 76.3 Å². The van der Waals surface area contributed by atoms with Gasteiger partial charge in [-0.05, 0) is 83.2 Å². The van der Waals surface area contributed by atoms with Crippen LogP contribution in [-0.4, -0.2) is 153 Å². The summed E-state index contributed by atoms with van der Waals surface area (Å²) in [6.45, 7) is 14.7. The first-order chi connectivity index (χ1) is 35.2. The molecule has 2 aliphatic heterocycles. The molecule has 21 nitrogen and oxygen atoms in total. The number of hydrogen-bond donors (Lipinski definition) is 4. The Balaban J connectivity index is 1.56. The number of aliphatic carboxylic acids is 1. The summed E-state index contributed by atoms with van der Waals surface area (Å²) in [6, 6.07) is 2.42. The van der Waals surface area contributed by atoms with Crippen molar-refractivity contribution in [3.8, 4) is 5.75 Å². The molecule has 1 aromatic carbocycles. The minimum absolute atomic E-state index is 0.00867. The standard InChI is InChI=1S/C53H74N8O13S/c1-12-32(4)47(57-52(72)53(7,8)58(9)10)50(69)59(11)39(31(2)3)29-41(73-34(6)62)49-56-38(30-75-49)48(68)54-36(26-33(5)51(70)71)27-35-19-20-40(74-46(67)18-15-25-61-44(65)21-22-45(61)66)37(28-35)55-42(63)16-13-23-60-24-14-17-43(60)64/h14,17,19-22,28,30-33,36,39,41,47H,12-13,15-16,18,23-27,29H2,1-11H3,(H,54,68)(H,55,63)(H,57,72)(H,70,71)/t32-,33?,36+,39+,41+,47-/m0/s1. The molecule has 0 fully saturated rings. The van der Waals surface area contributed by atoms with E-state index in [4.69, 9.17) is 9.47 Å². The van der Waals surface area contributed by atoms with Crippen molar-refractivity contribution in [2.45, 2.75) is 137 Å². The second-order valence-electron chi connectivity index (χ2n) is 20.2. The van der Waals surface area contributed by atoms with Gasteiger partial charge in [0.05, 0.1) is 17.1 Å². The number of carboxylic acid groups (broad SMARTS) is 1. The lowest BCUT2D eigenvalue weighted by Crippen LogP contribution is -2.60. The zero-order valence-corrected chi connectivity index (χ0v) is 45.7. The van der Waals surface area contributed by atoms with E-state index in [2.05, 4.69) is 20.9 Å². The lowest BCUT2D eigenvalue weighted by molar-refractivity contribution is -0.149. The van der Waals surface area contributed by atoms with Crippen molar-refractivity contribution in [2.24, 2.45) is 17.8 Å². The molecule has 0 aliphatic carbocycles. The summed E-state index contributed by atoms with van der Waals surface area (Å²) in [5, 5.41) is 20.4. The van der Waals surface area contributed by atoms with Crippen molar-refractivity contribution in [1.82, 2.24) is 35.2 Å². The zero-order valence-electron chi connectivity index (χ0n) is 44.9. The topological polar surface area (TPSA) is 271 Å². The molecule has 4 N–H and O–H groups in total. The molecule has 7 amide bonds. The highest BCUT2D eigenvalue weighted by atomic mass is 32.1. The summed E-state index contributed by atoms with van der Waals surface area (Å²) in [5.74, 6) is -6.58. The van der Waals surface area contributed by atoms with Crippen LogP contribution in [-0.2, 0) is 54.3 Å². The number of esters is 2. The van der Waals surface area contributed by atoms with E-state index in [0.29, 0.717) is 31.5 Å². The molecule has 3 heterocycles. The first kappa shape index (κ1) is 60.7. The van der Waals surface area contributed by atoms with Crippen molar-refractivity contribution in [3.05, 3.63) is 64.1 Å². The Kier molecular flexibility index (Phi) is 22.4. The lowest BCUT2D eigenvalue weighted by atomic mass is 9.92. The number of aromatic nitrogens is 1. The number of imide groups is 1. The summed E-state index contributed by atoms with van der Waals surface area (Å²) in [6.07, 6.45) is 5.52. The maximum atomic E-state index is 14.3. The van der Waals surface area contributed by atoms with Gasteiger partial charge in [0, 0.05) is 88.6 Å². The number of nitrogens with one attached hydrogen (secondary N) is 3. The molecule has 0 bridgehead atoms. The number of anilines is 1. The molecular weight excluding hydrogens is 989 g/mol. The van der Waals surface area contributed by atoms with Crippen LogP contribution in [0.15, 0.2) is 47.9 Å². The maximum absolute atomic E-state index is 14.3. The summed E-state index contributed by atoms with van der Waals surface area (Å²) in [5.41, 5.74) is -0.316. The van der Waals surface area contributed by atoms with Gasteiger partial charge in [-0.1, -0.05) is 53.2 Å². The Morgan fingerprint density at radius 2 is 1.56 bits per heavy atom. The van der Waals surface area contributed by atoms with Gasteiger partial charge in [-0.15, -0.1) is 11.3 Å². The van der Waals surface area contributed by atoms with Gasteiger partial charge in [-0.3, -0.25) is 57.7 Å². The molecule has 0 saturated heterocycles. The number of ether oxygens (including phenoxy) is 2. The number of thiazole rings is 1. The van der Waals surface area contributed by atoms with Gasteiger partial charge in [-0.2, -0.15) is 0 Å². The average Bonchev–Trinajstić information content (AvgIpc) is 4.09. The fourth-order valence-electron chi connectivity index (χ4n) is 8.31. The number of benzene rings is 1. The Morgan fingerprint density at radius 3 is 2.15 bits per heavy atom. The zero-order chi connectivity index (χ0) is 55.9. The van der Waals surface area contributed by atoms with Crippen LogP contribution in [0.1, 0.15) is 127 Å². The molecule has 410 valence electrons. The molecular formula is C53H74N8O13S. The molecule has 2 aliphatic rings. The van der Waals surface area contributed by atoms with E-state index >= 15 is 0 Å². The maximum Gasteiger partial charge on any atom is 0.311 e. The monoisotopic (exact) mass is 1060 g/mol. The van der Waals surface area contributed by atoms with Gasteiger partial charge in [0.1, 0.15) is 16.7 Å². The van der Waals surface area contributed by atoms with Crippen LogP contribution >= 0.6 is 11.3 Å². The van der Waals surface area contributed by atoms with Crippen molar-refractivity contribution in [2.75, 3.05) is 46.1 Å². The Bertz CT molecular complexity index is 2480. The highest BCUT2D eigenvalue weighted by molar-refractivity contribution is 7.09. The first-order valence-corrected chi connectivity index (χ1v) is 26.2. The van der Waals surface area contributed by atoms with Gasteiger partial charge >= 0.3 is 17.9 Å². The quantitative estimate of drug-likeness (QED) is 0.0490. The van der Waals surface area contributed by atoms with Gasteiger partial charge in [0.2, 0.25) is 23.6 Å². The lowest BCUT2D eigenvalue weighted by Gasteiger charge is -2.38. The minimum atomic E-state index is -1.11. The SMILES string of the molecule is CC[C@H](C)[C@H](NC(=O)C(C)(C)N(C)C)C(=O)N(C)[C@H](C[C@@H](OC(C)=O)c1nc(C(=O)N[C@@H](Cc2ccc(OC(=O)CCCN3C(=O)C=CC3=O)c(NC(=O)CCCN3CC=CC3=O)c2)CC(C)C(=O)O)cs1)C(C)C. The smallest absolute Gasteiger partial charge is 0.311 e. The first-order valence-electron chi connectivity index (χ1n) is 25.3. The van der Waals surface area contributed by atoms with Crippen LogP contribution in [0.3, 0.4) is 0 Å². The third-order valence-corrected chi connectivity index (χ3v) is 14.6. The predicted octanol–water partition coefficient (Wildman–Crippen LogP) is 4.67. The third-order valence-electron chi connectivity index (χ3n) is 13.7. The normalized spacial score (nSPS) is 15.9. The van der Waals surface area contributed by atoms with Crippen LogP contribution in [0.25, 0.3) is 0 Å². The molecule has 1 unspecified atom stereocenters. The van der Waals surface area contributed by atoms with Crippen molar-refractivity contribution in [1.29, 1.82) is 0 Å². The summed E-state index contributed by atoms with van der Waals surface area (Å²) in [4.78, 5) is 140. The predicted molar refractivity (Wildman–Crippen MR) is 279 cm³/mol. The van der Waals surface area contributed by atoms with Crippen LogP contribution in [0.2, 0.25) is 0 Å². The molecule has 0 radical (unpaired) electrons. The van der Waals surface area contributed by atoms with E-state index in [1.165, 1.54) is 31.4 Å². The van der Waals surface area contributed by atoms with E-state index in [1.807, 2.05) is 27.7 Å². The Labute approximate surface area is 442 Å². The Morgan fingerprint density at radius 1 is 0.893 bits per heavy atom. The summed E-state index contributed by atoms with van der Waals surface area (Å²) < 4.78 is 11.5. The van der Waals surface area contributed by atoms with E-state index in [0.717, 1.165) is 28.4 Å². The van der Waals surface area contributed by atoms with Crippen molar-refractivity contribution in [3.63, 3.8) is 0 Å². The Hall–Kier alpha value is -6.81. The second-order valence-corrected chi connectivity index (χ2v) is 21.1. The van der Waals surface area contributed by atoms with Crippen molar-refractivity contribution < 1.29 is 62.5 Å². The van der Waals surface area contributed by atoms with Gasteiger partial charge in [0.15, 0.2) is 11.9 Å². The van der Waals surface area contributed by atoms with E-state index < -0.39 is 77.2 Å². The van der Waals surface area contributed by atoms with Gasteiger partial charge < -0.3 is 40.3 Å². The fraction of sp³-hybridized carbons (Fsp3) is 0.566. The molecule has 4 rings (SSSR count). The number of amides is 7. The molecule has 22 heteroatoms. The molecule has 0 spiro atoms. The molecule has 75 heavy (non-hydrogen) atoms. The minimum Gasteiger partial charge on any atom is -0.481 e. The molecule has 1 aromatic heterocycles. The number of nitrogens with zero attached hydrogens (tertiary/aromatic N) is 5. The van der Waals surface area contributed by atoms with E-state index in [1.54, 1.807) is 67.9 Å². The van der Waals surface area contributed by atoms with Gasteiger partial charge in [-0.25, -0.2) is 4.98 Å². The highest BCUT2D eigenvalue weighted by Crippen LogP contribution is 2.32. The van der Waals surface area contributed by atoms with E-state index in [9.17, 15) is 53.1 Å². The largest absolute Gasteiger partial charge is 0.481 e. The summed E-state index contributed by atoms with van der Waals surface area (Å²) in [7, 11) is 5.22. The van der Waals surface area contributed by atoms with Gasteiger partial charge in [0.25, 0.3) is 17.7 Å². The van der Waals surface area contributed by atoms with Crippen LogP contribution < -0.4 is 20.7 Å².